The van der Waals surface area contributed by atoms with E-state index in [-0.39, 0.29) is 11.9 Å². The zero-order valence-corrected chi connectivity index (χ0v) is 12.3. The van der Waals surface area contributed by atoms with E-state index in [2.05, 4.69) is 36.2 Å². The SMILES string of the molecule is CCOC(=O)[C@H]1C2CCC(C[C@@H]1c1ccccc1)N2C. The van der Waals surface area contributed by atoms with E-state index >= 15 is 0 Å². The van der Waals surface area contributed by atoms with Crippen molar-refractivity contribution >= 4 is 5.97 Å². The van der Waals surface area contributed by atoms with E-state index in [0.717, 1.165) is 12.8 Å². The van der Waals surface area contributed by atoms with Crippen LogP contribution in [-0.2, 0) is 9.53 Å². The number of ether oxygens (including phenoxy) is 1. The van der Waals surface area contributed by atoms with Gasteiger partial charge in [0.15, 0.2) is 0 Å². The third-order valence-corrected chi connectivity index (χ3v) is 5.06. The molecular formula is C17H23NO2. The number of fused-ring (bicyclic) bond motifs is 2. The van der Waals surface area contributed by atoms with Crippen molar-refractivity contribution in [2.24, 2.45) is 5.92 Å². The number of nitrogens with zero attached hydrogens (tertiary/aromatic N) is 1. The molecule has 2 unspecified atom stereocenters. The molecule has 2 aliphatic rings. The smallest absolute Gasteiger partial charge is 0.311 e. The molecule has 0 spiro atoms. The monoisotopic (exact) mass is 273 g/mol. The van der Waals surface area contributed by atoms with Gasteiger partial charge in [0.05, 0.1) is 12.5 Å². The molecule has 108 valence electrons. The van der Waals surface area contributed by atoms with Crippen molar-refractivity contribution in [2.45, 2.75) is 44.2 Å². The predicted molar refractivity (Wildman–Crippen MR) is 78.5 cm³/mol. The maximum Gasteiger partial charge on any atom is 0.311 e. The van der Waals surface area contributed by atoms with E-state index in [0.29, 0.717) is 24.6 Å². The Morgan fingerprint density at radius 3 is 2.75 bits per heavy atom. The van der Waals surface area contributed by atoms with Crippen molar-refractivity contribution in [3.63, 3.8) is 0 Å². The number of benzene rings is 1. The Morgan fingerprint density at radius 2 is 2.05 bits per heavy atom. The molecule has 2 aliphatic heterocycles. The fourth-order valence-corrected chi connectivity index (χ4v) is 4.07. The van der Waals surface area contributed by atoms with Gasteiger partial charge in [0.25, 0.3) is 0 Å². The highest BCUT2D eigenvalue weighted by molar-refractivity contribution is 5.75. The van der Waals surface area contributed by atoms with Gasteiger partial charge in [-0.15, -0.1) is 0 Å². The number of rotatable bonds is 3. The Morgan fingerprint density at radius 1 is 1.30 bits per heavy atom. The lowest BCUT2D eigenvalue weighted by atomic mass is 9.76. The minimum absolute atomic E-state index is 0.0129. The second-order valence-electron chi connectivity index (χ2n) is 5.99. The molecule has 2 fully saturated rings. The van der Waals surface area contributed by atoms with Gasteiger partial charge in [0.1, 0.15) is 0 Å². The lowest BCUT2D eigenvalue weighted by molar-refractivity contribution is -0.152. The standard InChI is InChI=1S/C17H23NO2/c1-3-20-17(19)16-14(12-7-5-4-6-8-12)11-13-9-10-15(16)18(13)2/h4-8,13-16H,3,9-11H2,1-2H3/t13?,14-,15?,16-/m1/s1. The minimum Gasteiger partial charge on any atom is -0.466 e. The van der Waals surface area contributed by atoms with Gasteiger partial charge in [-0.1, -0.05) is 30.3 Å². The fourth-order valence-electron chi connectivity index (χ4n) is 4.07. The first-order valence-electron chi connectivity index (χ1n) is 7.66. The van der Waals surface area contributed by atoms with E-state index in [9.17, 15) is 4.79 Å². The molecule has 4 atom stereocenters. The molecule has 0 N–H and O–H groups in total. The first-order valence-corrected chi connectivity index (χ1v) is 7.66. The zero-order valence-electron chi connectivity index (χ0n) is 12.3. The van der Waals surface area contributed by atoms with Crippen molar-refractivity contribution in [3.8, 4) is 0 Å². The predicted octanol–water partition coefficient (Wildman–Crippen LogP) is 2.82. The second kappa shape index (κ2) is 5.57. The first kappa shape index (κ1) is 13.6. The normalized spacial score (nSPS) is 33.1. The minimum atomic E-state index is -0.0152. The number of hydrogen-bond donors (Lipinski definition) is 0. The molecule has 2 saturated heterocycles. The van der Waals surface area contributed by atoms with Crippen molar-refractivity contribution in [3.05, 3.63) is 35.9 Å². The van der Waals surface area contributed by atoms with E-state index in [1.165, 1.54) is 12.0 Å². The molecule has 0 radical (unpaired) electrons. The summed E-state index contributed by atoms with van der Waals surface area (Å²) in [7, 11) is 2.16. The number of esters is 1. The van der Waals surface area contributed by atoms with Gasteiger partial charge in [-0.05, 0) is 38.8 Å². The molecule has 3 heteroatoms. The number of hydrogen-bond acceptors (Lipinski definition) is 3. The largest absolute Gasteiger partial charge is 0.466 e. The molecule has 3 rings (SSSR count). The summed E-state index contributed by atoms with van der Waals surface area (Å²) >= 11 is 0. The Kier molecular flexibility index (Phi) is 3.79. The molecule has 0 amide bonds. The molecule has 2 bridgehead atoms. The van der Waals surface area contributed by atoms with Gasteiger partial charge in [-0.3, -0.25) is 9.69 Å². The third kappa shape index (κ3) is 2.24. The highest BCUT2D eigenvalue weighted by Gasteiger charge is 2.49. The summed E-state index contributed by atoms with van der Waals surface area (Å²) in [5, 5.41) is 0. The van der Waals surface area contributed by atoms with E-state index in [4.69, 9.17) is 4.74 Å². The average molecular weight is 273 g/mol. The van der Waals surface area contributed by atoms with Crippen LogP contribution in [0.15, 0.2) is 30.3 Å². The summed E-state index contributed by atoms with van der Waals surface area (Å²) in [6.45, 7) is 2.36. The van der Waals surface area contributed by atoms with Crippen molar-refractivity contribution in [1.82, 2.24) is 4.90 Å². The van der Waals surface area contributed by atoms with Crippen LogP contribution in [0, 0.1) is 5.92 Å². The summed E-state index contributed by atoms with van der Waals surface area (Å²) in [6, 6.07) is 11.4. The molecule has 3 nitrogen and oxygen atoms in total. The van der Waals surface area contributed by atoms with E-state index in [1.807, 2.05) is 13.0 Å². The molecule has 0 aliphatic carbocycles. The van der Waals surface area contributed by atoms with Gasteiger partial charge < -0.3 is 4.74 Å². The summed E-state index contributed by atoms with van der Waals surface area (Å²) < 4.78 is 5.37. The zero-order chi connectivity index (χ0) is 14.1. The third-order valence-electron chi connectivity index (χ3n) is 5.06. The molecule has 0 saturated carbocycles. The van der Waals surface area contributed by atoms with Gasteiger partial charge >= 0.3 is 5.97 Å². The molecule has 1 aromatic rings. The Hall–Kier alpha value is -1.35. The van der Waals surface area contributed by atoms with Crippen LogP contribution in [0.3, 0.4) is 0 Å². The van der Waals surface area contributed by atoms with Gasteiger partial charge in [-0.2, -0.15) is 0 Å². The fraction of sp³-hybridized carbons (Fsp3) is 0.588. The van der Waals surface area contributed by atoms with Crippen LogP contribution in [0.1, 0.15) is 37.7 Å². The van der Waals surface area contributed by atoms with Crippen molar-refractivity contribution in [2.75, 3.05) is 13.7 Å². The van der Waals surface area contributed by atoms with Gasteiger partial charge in [0, 0.05) is 18.0 Å². The van der Waals surface area contributed by atoms with Gasteiger partial charge in [0.2, 0.25) is 0 Å². The maximum atomic E-state index is 12.5. The number of carbonyl (C=O) groups excluding carboxylic acids is 1. The number of carbonyl (C=O) groups is 1. The van der Waals surface area contributed by atoms with Crippen molar-refractivity contribution in [1.29, 1.82) is 0 Å². The van der Waals surface area contributed by atoms with Crippen molar-refractivity contribution < 1.29 is 9.53 Å². The van der Waals surface area contributed by atoms with Crippen LogP contribution < -0.4 is 0 Å². The highest BCUT2D eigenvalue weighted by atomic mass is 16.5. The number of piperidine rings is 1. The Labute approximate surface area is 120 Å². The van der Waals surface area contributed by atoms with Gasteiger partial charge in [-0.25, -0.2) is 0 Å². The topological polar surface area (TPSA) is 29.5 Å². The lowest BCUT2D eigenvalue weighted by Crippen LogP contribution is -2.49. The Bertz CT molecular complexity index is 473. The van der Waals surface area contributed by atoms with Crippen LogP contribution in [0.4, 0.5) is 0 Å². The summed E-state index contributed by atoms with van der Waals surface area (Å²) in [5.74, 6) is 0.281. The van der Waals surface area contributed by atoms with Crippen LogP contribution >= 0.6 is 0 Å². The van der Waals surface area contributed by atoms with E-state index < -0.39 is 0 Å². The average Bonchev–Trinajstić information content (AvgIpc) is 2.72. The second-order valence-corrected chi connectivity index (χ2v) is 5.99. The quantitative estimate of drug-likeness (QED) is 0.793. The summed E-state index contributed by atoms with van der Waals surface area (Å²) in [5.41, 5.74) is 1.29. The summed E-state index contributed by atoms with van der Waals surface area (Å²) in [4.78, 5) is 14.9. The molecule has 20 heavy (non-hydrogen) atoms. The van der Waals surface area contributed by atoms with Crippen LogP contribution in [0.25, 0.3) is 0 Å². The molecular weight excluding hydrogens is 250 g/mol. The van der Waals surface area contributed by atoms with Crippen LogP contribution in [0.2, 0.25) is 0 Å². The highest BCUT2D eigenvalue weighted by Crippen LogP contribution is 2.46. The molecule has 1 aromatic carbocycles. The first-order chi connectivity index (χ1) is 9.72. The van der Waals surface area contributed by atoms with Crippen LogP contribution in [0.5, 0.6) is 0 Å². The molecule has 0 aromatic heterocycles. The van der Waals surface area contributed by atoms with Crippen LogP contribution in [-0.4, -0.2) is 36.6 Å². The maximum absolute atomic E-state index is 12.5. The Balaban J connectivity index is 1.92. The van der Waals surface area contributed by atoms with E-state index in [1.54, 1.807) is 0 Å². The summed E-state index contributed by atoms with van der Waals surface area (Å²) in [6.07, 6.45) is 3.40. The lowest BCUT2D eigenvalue weighted by Gasteiger charge is -2.41. The molecule has 2 heterocycles.